The molecule has 0 spiro atoms. The molecule has 2 rings (SSSR count). The van der Waals surface area contributed by atoms with Crippen molar-refractivity contribution < 1.29 is 0 Å². The molecule has 0 amide bonds. The predicted molar refractivity (Wildman–Crippen MR) is 79.3 cm³/mol. The fourth-order valence-corrected chi connectivity index (χ4v) is 2.49. The van der Waals surface area contributed by atoms with Crippen LogP contribution in [0.25, 0.3) is 0 Å². The first-order chi connectivity index (χ1) is 8.40. The number of hydrogen-bond acceptors (Lipinski definition) is 2. The molecule has 18 heavy (non-hydrogen) atoms. The van der Waals surface area contributed by atoms with Crippen LogP contribution in [0.3, 0.4) is 0 Å². The van der Waals surface area contributed by atoms with Gasteiger partial charge in [0.2, 0.25) is 0 Å². The van der Waals surface area contributed by atoms with E-state index < -0.39 is 0 Å². The summed E-state index contributed by atoms with van der Waals surface area (Å²) in [4.78, 5) is 0. The maximum absolute atomic E-state index is 5.14. The Morgan fingerprint density at radius 1 is 1.44 bits per heavy atom. The van der Waals surface area contributed by atoms with Gasteiger partial charge in [0.15, 0.2) is 4.77 Å². The Kier molecular flexibility index (Phi) is 3.73. The van der Waals surface area contributed by atoms with Crippen molar-refractivity contribution in [2.75, 3.05) is 0 Å². The fourth-order valence-electron chi connectivity index (χ4n) is 1.94. The van der Waals surface area contributed by atoms with E-state index in [9.17, 15) is 0 Å². The van der Waals surface area contributed by atoms with Crippen LogP contribution in [-0.4, -0.2) is 14.8 Å². The van der Waals surface area contributed by atoms with Gasteiger partial charge in [0.1, 0.15) is 5.82 Å². The molecule has 1 aromatic heterocycles. The van der Waals surface area contributed by atoms with Gasteiger partial charge in [0, 0.05) is 17.9 Å². The molecular formula is C13H16BrN3S. The topological polar surface area (TPSA) is 33.6 Å². The van der Waals surface area contributed by atoms with E-state index in [1.165, 1.54) is 5.56 Å². The number of halogens is 1. The van der Waals surface area contributed by atoms with E-state index in [-0.39, 0.29) is 5.41 Å². The molecule has 0 radical (unpaired) electrons. The van der Waals surface area contributed by atoms with Gasteiger partial charge in [-0.15, -0.1) is 0 Å². The zero-order chi connectivity index (χ0) is 13.3. The third-order valence-corrected chi connectivity index (χ3v) is 4.04. The SMILES string of the molecule is Cn1c(CC(C)(C)c2cccc(Br)c2)n[nH]c1=S. The lowest BCUT2D eigenvalue weighted by molar-refractivity contribution is 0.496. The van der Waals surface area contributed by atoms with Crippen LogP contribution in [0.4, 0.5) is 0 Å². The van der Waals surface area contributed by atoms with Crippen LogP contribution < -0.4 is 0 Å². The van der Waals surface area contributed by atoms with Crippen LogP contribution in [0.15, 0.2) is 28.7 Å². The minimum Gasteiger partial charge on any atom is -0.307 e. The Balaban J connectivity index is 2.32. The largest absolute Gasteiger partial charge is 0.307 e. The molecule has 0 aliphatic rings. The highest BCUT2D eigenvalue weighted by Crippen LogP contribution is 2.28. The molecule has 0 fully saturated rings. The van der Waals surface area contributed by atoms with Crippen molar-refractivity contribution >= 4 is 28.1 Å². The Hall–Kier alpha value is -0.940. The second-order valence-electron chi connectivity index (χ2n) is 5.08. The zero-order valence-corrected chi connectivity index (χ0v) is 13.1. The Morgan fingerprint density at radius 2 is 2.17 bits per heavy atom. The van der Waals surface area contributed by atoms with Crippen molar-refractivity contribution in [1.29, 1.82) is 0 Å². The minimum absolute atomic E-state index is 0.0124. The summed E-state index contributed by atoms with van der Waals surface area (Å²) in [5.41, 5.74) is 1.30. The van der Waals surface area contributed by atoms with Crippen LogP contribution in [0, 0.1) is 4.77 Å². The van der Waals surface area contributed by atoms with E-state index in [4.69, 9.17) is 12.2 Å². The third kappa shape index (κ3) is 2.72. The summed E-state index contributed by atoms with van der Waals surface area (Å²) in [6.07, 6.45) is 0.840. The monoisotopic (exact) mass is 325 g/mol. The summed E-state index contributed by atoms with van der Waals surface area (Å²) in [5.74, 6) is 0.977. The van der Waals surface area contributed by atoms with Crippen molar-refractivity contribution in [2.24, 2.45) is 7.05 Å². The minimum atomic E-state index is 0.0124. The smallest absolute Gasteiger partial charge is 0.194 e. The van der Waals surface area contributed by atoms with Gasteiger partial charge >= 0.3 is 0 Å². The van der Waals surface area contributed by atoms with Gasteiger partial charge in [0.05, 0.1) is 0 Å². The lowest BCUT2D eigenvalue weighted by atomic mass is 9.81. The molecular weight excluding hydrogens is 310 g/mol. The second-order valence-corrected chi connectivity index (χ2v) is 6.38. The van der Waals surface area contributed by atoms with Crippen LogP contribution in [0.2, 0.25) is 0 Å². The normalized spacial score (nSPS) is 11.8. The predicted octanol–water partition coefficient (Wildman–Crippen LogP) is 3.76. The van der Waals surface area contributed by atoms with Crippen molar-refractivity contribution in [2.45, 2.75) is 25.7 Å². The van der Waals surface area contributed by atoms with Crippen LogP contribution in [0.1, 0.15) is 25.2 Å². The van der Waals surface area contributed by atoms with Crippen molar-refractivity contribution in [3.63, 3.8) is 0 Å². The molecule has 2 aromatic rings. The van der Waals surface area contributed by atoms with Gasteiger partial charge in [-0.2, -0.15) is 5.10 Å². The Labute approximate surface area is 120 Å². The quantitative estimate of drug-likeness (QED) is 0.872. The first kappa shape index (κ1) is 13.5. The maximum Gasteiger partial charge on any atom is 0.194 e. The molecule has 0 saturated carbocycles. The first-order valence-electron chi connectivity index (χ1n) is 5.76. The fraction of sp³-hybridized carbons (Fsp3) is 0.385. The average Bonchev–Trinajstić information content (AvgIpc) is 2.61. The molecule has 1 aromatic carbocycles. The van der Waals surface area contributed by atoms with E-state index in [0.29, 0.717) is 4.77 Å². The molecule has 0 saturated heterocycles. The molecule has 0 atom stereocenters. The van der Waals surface area contributed by atoms with Gasteiger partial charge in [-0.25, -0.2) is 0 Å². The number of H-pyrrole nitrogens is 1. The van der Waals surface area contributed by atoms with E-state index in [2.05, 4.69) is 58.2 Å². The first-order valence-corrected chi connectivity index (χ1v) is 6.96. The molecule has 96 valence electrons. The van der Waals surface area contributed by atoms with E-state index in [1.807, 2.05) is 17.7 Å². The summed E-state index contributed by atoms with van der Waals surface area (Å²) >= 11 is 8.65. The third-order valence-electron chi connectivity index (χ3n) is 3.18. The second kappa shape index (κ2) is 4.97. The number of rotatable bonds is 3. The summed E-state index contributed by atoms with van der Waals surface area (Å²) < 4.78 is 3.69. The number of nitrogens with zero attached hydrogens (tertiary/aromatic N) is 2. The van der Waals surface area contributed by atoms with Crippen LogP contribution >= 0.6 is 28.1 Å². The van der Waals surface area contributed by atoms with Crippen molar-refractivity contribution in [3.8, 4) is 0 Å². The molecule has 0 aliphatic carbocycles. The molecule has 3 nitrogen and oxygen atoms in total. The maximum atomic E-state index is 5.14. The summed E-state index contributed by atoms with van der Waals surface area (Å²) in [6, 6.07) is 8.40. The van der Waals surface area contributed by atoms with E-state index in [1.54, 1.807) is 0 Å². The van der Waals surface area contributed by atoms with Gasteiger partial charge in [-0.3, -0.25) is 5.10 Å². The van der Waals surface area contributed by atoms with Gasteiger partial charge in [0.25, 0.3) is 0 Å². The summed E-state index contributed by atoms with van der Waals surface area (Å²) in [5, 5.41) is 7.11. The molecule has 0 aliphatic heterocycles. The lowest BCUT2D eigenvalue weighted by Crippen LogP contribution is -2.22. The number of benzene rings is 1. The standard InChI is InChI=1S/C13H16BrN3S/c1-13(2,9-5-4-6-10(14)7-9)8-11-15-16-12(18)17(11)3/h4-7H,8H2,1-3H3,(H,16,18). The number of nitrogens with one attached hydrogen (secondary N) is 1. The van der Waals surface area contributed by atoms with Gasteiger partial charge in [-0.05, 0) is 35.3 Å². The van der Waals surface area contributed by atoms with Gasteiger partial charge in [-0.1, -0.05) is 41.9 Å². The molecule has 0 bridgehead atoms. The highest BCUT2D eigenvalue weighted by molar-refractivity contribution is 9.10. The van der Waals surface area contributed by atoms with Gasteiger partial charge < -0.3 is 4.57 Å². The molecule has 0 unspecified atom stereocenters. The summed E-state index contributed by atoms with van der Waals surface area (Å²) in [7, 11) is 1.94. The highest BCUT2D eigenvalue weighted by Gasteiger charge is 2.23. The highest BCUT2D eigenvalue weighted by atomic mass is 79.9. The van der Waals surface area contributed by atoms with Crippen LogP contribution in [-0.2, 0) is 18.9 Å². The summed E-state index contributed by atoms with van der Waals surface area (Å²) in [6.45, 7) is 4.43. The van der Waals surface area contributed by atoms with E-state index in [0.717, 1.165) is 16.7 Å². The molecule has 1 N–H and O–H groups in total. The Morgan fingerprint density at radius 3 is 2.72 bits per heavy atom. The van der Waals surface area contributed by atoms with Crippen molar-refractivity contribution in [3.05, 3.63) is 44.9 Å². The lowest BCUT2D eigenvalue weighted by Gasteiger charge is -2.24. The van der Waals surface area contributed by atoms with E-state index >= 15 is 0 Å². The van der Waals surface area contributed by atoms with Crippen LogP contribution in [0.5, 0.6) is 0 Å². The molecule has 1 heterocycles. The molecule has 5 heteroatoms. The Bertz CT molecular complexity index is 613. The zero-order valence-electron chi connectivity index (χ0n) is 10.7. The number of aromatic amines is 1. The average molecular weight is 326 g/mol. The van der Waals surface area contributed by atoms with Crippen molar-refractivity contribution in [1.82, 2.24) is 14.8 Å². The number of aromatic nitrogens is 3. The number of hydrogen-bond donors (Lipinski definition) is 1.